The third-order valence-electron chi connectivity index (χ3n) is 2.27. The summed E-state index contributed by atoms with van der Waals surface area (Å²) >= 11 is 0. The molecule has 1 fully saturated rings. The molecule has 0 unspecified atom stereocenters. The van der Waals surface area contributed by atoms with Crippen molar-refractivity contribution < 1.29 is 0 Å². The minimum absolute atomic E-state index is 1.34. The average molecular weight is 169 g/mol. The maximum Gasteiger partial charge on any atom is -0.0386 e. The van der Waals surface area contributed by atoms with E-state index in [9.17, 15) is 0 Å². The fraction of sp³-hybridized carbons (Fsp3) is 0.917. The van der Waals surface area contributed by atoms with Gasteiger partial charge in [-0.15, -0.1) is 0 Å². The molecule has 0 aromatic rings. The molecular formula is C12H25. The summed E-state index contributed by atoms with van der Waals surface area (Å²) in [5.74, 6) is 0. The molecule has 0 nitrogen and oxygen atoms in total. The zero-order valence-electron chi connectivity index (χ0n) is 8.94. The molecule has 0 spiro atoms. The Kier molecular flexibility index (Phi) is 11.0. The van der Waals surface area contributed by atoms with Crippen LogP contribution in [0.1, 0.15) is 71.6 Å². The smallest absolute Gasteiger partial charge is 0.0386 e. The van der Waals surface area contributed by atoms with E-state index in [1.165, 1.54) is 57.8 Å². The van der Waals surface area contributed by atoms with Crippen LogP contribution >= 0.6 is 0 Å². The molecule has 0 atom stereocenters. The van der Waals surface area contributed by atoms with Crippen LogP contribution in [0.15, 0.2) is 0 Å². The van der Waals surface area contributed by atoms with Crippen LogP contribution in [0.3, 0.4) is 0 Å². The van der Waals surface area contributed by atoms with Gasteiger partial charge in [-0.3, -0.25) is 0 Å². The summed E-state index contributed by atoms with van der Waals surface area (Å²) in [5, 5.41) is 0. The zero-order chi connectivity index (χ0) is 9.07. The van der Waals surface area contributed by atoms with Gasteiger partial charge in [0.1, 0.15) is 0 Å². The molecule has 0 aromatic heterocycles. The second-order valence-corrected chi connectivity index (χ2v) is 3.63. The molecule has 0 aliphatic heterocycles. The molecule has 0 saturated heterocycles. The highest BCUT2D eigenvalue weighted by molar-refractivity contribution is 4.67. The average Bonchev–Trinajstić information content (AvgIpc) is 2.37. The van der Waals surface area contributed by atoms with Gasteiger partial charge in [-0.1, -0.05) is 71.6 Å². The summed E-state index contributed by atoms with van der Waals surface area (Å²) in [6.07, 6.45) is 15.1. The number of hydrogen-bond acceptors (Lipinski definition) is 0. The van der Waals surface area contributed by atoms with E-state index in [1.807, 2.05) is 0 Å². The Morgan fingerprint density at radius 2 is 1.33 bits per heavy atom. The Bertz CT molecular complexity index is 44.8. The molecule has 1 rings (SSSR count). The molecule has 1 saturated carbocycles. The van der Waals surface area contributed by atoms with Gasteiger partial charge < -0.3 is 0 Å². The molecular weight excluding hydrogens is 144 g/mol. The minimum atomic E-state index is 1.34. The topological polar surface area (TPSA) is 0 Å². The second-order valence-electron chi connectivity index (χ2n) is 3.63. The van der Waals surface area contributed by atoms with E-state index in [0.29, 0.717) is 0 Å². The van der Waals surface area contributed by atoms with E-state index in [0.717, 1.165) is 0 Å². The van der Waals surface area contributed by atoms with E-state index < -0.39 is 0 Å². The molecule has 0 amide bonds. The highest BCUT2D eigenvalue weighted by Gasteiger charge is 1.95. The van der Waals surface area contributed by atoms with E-state index in [1.54, 1.807) is 0 Å². The van der Waals surface area contributed by atoms with E-state index in [4.69, 9.17) is 0 Å². The quantitative estimate of drug-likeness (QED) is 0.524. The Morgan fingerprint density at radius 3 is 1.67 bits per heavy atom. The molecule has 1 aliphatic rings. The third kappa shape index (κ3) is 10.0. The molecule has 0 aromatic carbocycles. The minimum Gasteiger partial charge on any atom is -0.0654 e. The standard InChI is InChI=1S/C7H13.C5H12/c1-2-4-6-7-5-3-1;1-3-5-4-2/h1H,2-7H2;3-5H2,1-2H3. The van der Waals surface area contributed by atoms with Gasteiger partial charge in [0.2, 0.25) is 0 Å². The lowest BCUT2D eigenvalue weighted by Crippen LogP contribution is -1.68. The maximum absolute atomic E-state index is 2.42. The van der Waals surface area contributed by atoms with Crippen molar-refractivity contribution in [1.29, 1.82) is 0 Å². The zero-order valence-corrected chi connectivity index (χ0v) is 8.94. The second kappa shape index (κ2) is 11.0. The first-order valence-electron chi connectivity index (χ1n) is 5.73. The molecule has 0 heteroatoms. The number of hydrogen-bond donors (Lipinski definition) is 0. The van der Waals surface area contributed by atoms with Crippen LogP contribution < -0.4 is 0 Å². The summed E-state index contributed by atoms with van der Waals surface area (Å²) < 4.78 is 0. The van der Waals surface area contributed by atoms with Crippen molar-refractivity contribution in [2.24, 2.45) is 0 Å². The van der Waals surface area contributed by atoms with Gasteiger partial charge in [-0.25, -0.2) is 0 Å². The molecule has 12 heavy (non-hydrogen) atoms. The lowest BCUT2D eigenvalue weighted by molar-refractivity contribution is 0.702. The summed E-state index contributed by atoms with van der Waals surface area (Å²) in [6.45, 7) is 4.42. The Morgan fingerprint density at radius 1 is 0.833 bits per heavy atom. The molecule has 0 N–H and O–H groups in total. The highest BCUT2D eigenvalue weighted by Crippen LogP contribution is 2.14. The molecule has 1 radical (unpaired) electrons. The Labute approximate surface area is 78.8 Å². The van der Waals surface area contributed by atoms with Crippen LogP contribution in [0.25, 0.3) is 0 Å². The summed E-state index contributed by atoms with van der Waals surface area (Å²) in [6, 6.07) is 0. The van der Waals surface area contributed by atoms with E-state index in [2.05, 4.69) is 20.3 Å². The number of rotatable bonds is 2. The van der Waals surface area contributed by atoms with Crippen LogP contribution in [-0.2, 0) is 0 Å². The molecule has 73 valence electrons. The molecule has 0 bridgehead atoms. The summed E-state index contributed by atoms with van der Waals surface area (Å²) in [5.41, 5.74) is 0. The van der Waals surface area contributed by atoms with Crippen LogP contribution in [0.2, 0.25) is 0 Å². The monoisotopic (exact) mass is 169 g/mol. The van der Waals surface area contributed by atoms with Crippen molar-refractivity contribution in [2.75, 3.05) is 0 Å². The van der Waals surface area contributed by atoms with E-state index in [-0.39, 0.29) is 0 Å². The van der Waals surface area contributed by atoms with E-state index >= 15 is 0 Å². The Hall–Kier alpha value is 0. The largest absolute Gasteiger partial charge is 0.0654 e. The lowest BCUT2D eigenvalue weighted by atomic mass is 10.2. The molecule has 1 aliphatic carbocycles. The van der Waals surface area contributed by atoms with Crippen molar-refractivity contribution in [1.82, 2.24) is 0 Å². The van der Waals surface area contributed by atoms with Crippen LogP contribution in [0.5, 0.6) is 0 Å². The first-order chi connectivity index (χ1) is 5.91. The van der Waals surface area contributed by atoms with Crippen LogP contribution in [0, 0.1) is 6.42 Å². The van der Waals surface area contributed by atoms with Crippen LogP contribution in [-0.4, -0.2) is 0 Å². The van der Waals surface area contributed by atoms with Crippen molar-refractivity contribution >= 4 is 0 Å². The first-order valence-corrected chi connectivity index (χ1v) is 5.73. The summed E-state index contributed by atoms with van der Waals surface area (Å²) in [4.78, 5) is 0. The first kappa shape index (κ1) is 12.0. The van der Waals surface area contributed by atoms with Gasteiger partial charge in [0.05, 0.1) is 0 Å². The maximum atomic E-state index is 2.42. The van der Waals surface area contributed by atoms with Crippen LogP contribution in [0.4, 0.5) is 0 Å². The SMILES string of the molecule is CCCCC.[CH]1CCCCCC1. The van der Waals surface area contributed by atoms with Crippen molar-refractivity contribution in [2.45, 2.75) is 71.6 Å². The van der Waals surface area contributed by atoms with Crippen molar-refractivity contribution in [3.63, 3.8) is 0 Å². The van der Waals surface area contributed by atoms with Gasteiger partial charge in [0, 0.05) is 0 Å². The predicted octanol–water partition coefficient (Wildman–Crippen LogP) is 4.74. The van der Waals surface area contributed by atoms with Gasteiger partial charge in [0.15, 0.2) is 0 Å². The van der Waals surface area contributed by atoms with Gasteiger partial charge in [-0.2, -0.15) is 0 Å². The summed E-state index contributed by atoms with van der Waals surface area (Å²) in [7, 11) is 0. The number of unbranched alkanes of at least 4 members (excludes halogenated alkanes) is 2. The van der Waals surface area contributed by atoms with Crippen molar-refractivity contribution in [3.05, 3.63) is 6.42 Å². The predicted molar refractivity (Wildman–Crippen MR) is 57.2 cm³/mol. The normalized spacial score (nSPS) is 17.5. The van der Waals surface area contributed by atoms with Gasteiger partial charge in [0.25, 0.3) is 0 Å². The highest BCUT2D eigenvalue weighted by atomic mass is 14.0. The van der Waals surface area contributed by atoms with Gasteiger partial charge in [-0.05, 0) is 6.42 Å². The fourth-order valence-corrected chi connectivity index (χ4v) is 1.43. The fourth-order valence-electron chi connectivity index (χ4n) is 1.43. The molecule has 0 heterocycles. The van der Waals surface area contributed by atoms with Crippen molar-refractivity contribution in [3.8, 4) is 0 Å². The lowest BCUT2D eigenvalue weighted by Gasteiger charge is -1.85. The third-order valence-corrected chi connectivity index (χ3v) is 2.27. The van der Waals surface area contributed by atoms with Gasteiger partial charge >= 0.3 is 0 Å². The Balaban J connectivity index is 0.000000217.